The normalized spacial score (nSPS) is 11.9. The highest BCUT2D eigenvalue weighted by Gasteiger charge is 2.17. The summed E-state index contributed by atoms with van der Waals surface area (Å²) in [6.07, 6.45) is 0.798. The topological polar surface area (TPSA) is 97.1 Å². The van der Waals surface area contributed by atoms with E-state index in [0.717, 1.165) is 17.7 Å². The van der Waals surface area contributed by atoms with Crippen LogP contribution in [0.4, 0.5) is 5.95 Å². The molecule has 2 heterocycles. The van der Waals surface area contributed by atoms with E-state index in [1.54, 1.807) is 11.6 Å². The molecule has 2 rings (SSSR count). The third kappa shape index (κ3) is 2.85. The molecule has 0 aliphatic carbocycles. The van der Waals surface area contributed by atoms with Gasteiger partial charge in [-0.25, -0.2) is 10.2 Å². The maximum absolute atomic E-state index is 12.1. The molecule has 8 nitrogen and oxygen atoms in total. The average Bonchev–Trinajstić information content (AvgIpc) is 2.80. The molecule has 0 aliphatic rings. The number of imidazole rings is 1. The van der Waals surface area contributed by atoms with Crippen LogP contribution in [-0.2, 0) is 13.6 Å². The van der Waals surface area contributed by atoms with Gasteiger partial charge in [0.2, 0.25) is 5.95 Å². The molecule has 0 atom stereocenters. The fraction of sp³-hybridized carbons (Fsp3) is 0.429. The number of nitrogens with one attached hydrogen (secondary N) is 2. The number of allylic oxidation sites excluding steroid dienone is 1. The molecule has 0 bridgehead atoms. The van der Waals surface area contributed by atoms with E-state index in [1.807, 2.05) is 20.8 Å². The number of hydrogen-bond donors (Lipinski definition) is 2. The molecule has 0 spiro atoms. The molecule has 0 saturated heterocycles. The van der Waals surface area contributed by atoms with Gasteiger partial charge in [0.05, 0.1) is 0 Å². The van der Waals surface area contributed by atoms with E-state index in [9.17, 15) is 9.59 Å². The van der Waals surface area contributed by atoms with Gasteiger partial charge in [0.15, 0.2) is 11.2 Å². The highest BCUT2D eigenvalue weighted by molar-refractivity contribution is 5.82. The molecular weight excluding hydrogens is 284 g/mol. The summed E-state index contributed by atoms with van der Waals surface area (Å²) >= 11 is 0. The van der Waals surface area contributed by atoms with Gasteiger partial charge in [0.1, 0.15) is 0 Å². The van der Waals surface area contributed by atoms with Crippen molar-refractivity contribution in [3.63, 3.8) is 0 Å². The van der Waals surface area contributed by atoms with Crippen LogP contribution in [-0.4, -0.2) is 24.8 Å². The third-order valence-electron chi connectivity index (χ3n) is 3.29. The van der Waals surface area contributed by atoms with Crippen LogP contribution in [0.3, 0.4) is 0 Å². The molecule has 0 saturated carbocycles. The maximum atomic E-state index is 12.1. The van der Waals surface area contributed by atoms with Crippen molar-refractivity contribution >= 4 is 22.8 Å². The Morgan fingerprint density at radius 1 is 1.41 bits per heavy atom. The Labute approximate surface area is 127 Å². The first-order valence-electron chi connectivity index (χ1n) is 6.98. The standard InChI is InChI=1S/C14H20N6O2/c1-6-9(4)17-18-13-15-11-10(20(13)7-8(2)3)12(21)16-14(22)19(11)5/h2,6-7H2,1,3-5H3,(H,15,18)(H,16,21,22)/b17-9+. The van der Waals surface area contributed by atoms with Crippen molar-refractivity contribution in [1.29, 1.82) is 0 Å². The van der Waals surface area contributed by atoms with Crippen LogP contribution < -0.4 is 16.7 Å². The Kier molecular flexibility index (Phi) is 4.30. The number of nitrogens with zero attached hydrogens (tertiary/aromatic N) is 4. The highest BCUT2D eigenvalue weighted by Crippen LogP contribution is 2.16. The van der Waals surface area contributed by atoms with E-state index in [0.29, 0.717) is 23.7 Å². The van der Waals surface area contributed by atoms with E-state index >= 15 is 0 Å². The number of H-pyrrole nitrogens is 1. The number of fused-ring (bicyclic) bond motifs is 1. The zero-order chi connectivity index (χ0) is 16.4. The predicted octanol–water partition coefficient (Wildman–Crippen LogP) is 1.20. The highest BCUT2D eigenvalue weighted by atomic mass is 16.2. The van der Waals surface area contributed by atoms with Crippen LogP contribution in [0.15, 0.2) is 26.8 Å². The lowest BCUT2D eigenvalue weighted by Crippen LogP contribution is -2.29. The van der Waals surface area contributed by atoms with Crippen molar-refractivity contribution in [2.45, 2.75) is 33.7 Å². The summed E-state index contributed by atoms with van der Waals surface area (Å²) in [5.41, 5.74) is 4.26. The monoisotopic (exact) mass is 304 g/mol. The average molecular weight is 304 g/mol. The molecule has 0 radical (unpaired) electrons. The minimum absolute atomic E-state index is 0.307. The molecule has 2 aromatic heterocycles. The van der Waals surface area contributed by atoms with Crippen LogP contribution in [0.5, 0.6) is 0 Å². The van der Waals surface area contributed by atoms with Crippen molar-refractivity contribution < 1.29 is 0 Å². The van der Waals surface area contributed by atoms with Gasteiger partial charge < -0.3 is 0 Å². The first kappa shape index (κ1) is 15.7. The SMILES string of the molecule is C=C(C)Cn1c(N/N=C(\C)CC)nc2c1c(=O)[nH]c(=O)n2C. The number of aryl methyl sites for hydroxylation is 1. The second kappa shape index (κ2) is 6.00. The van der Waals surface area contributed by atoms with Gasteiger partial charge in [-0.3, -0.25) is 18.9 Å². The van der Waals surface area contributed by atoms with Gasteiger partial charge in [0, 0.05) is 19.3 Å². The zero-order valence-corrected chi connectivity index (χ0v) is 13.2. The molecule has 0 aromatic carbocycles. The Morgan fingerprint density at radius 2 is 2.09 bits per heavy atom. The van der Waals surface area contributed by atoms with Gasteiger partial charge in [0.25, 0.3) is 5.56 Å². The summed E-state index contributed by atoms with van der Waals surface area (Å²) in [5, 5.41) is 4.21. The van der Waals surface area contributed by atoms with E-state index in [-0.39, 0.29) is 0 Å². The number of hydrazone groups is 1. The van der Waals surface area contributed by atoms with Crippen LogP contribution in [0, 0.1) is 0 Å². The van der Waals surface area contributed by atoms with Crippen LogP contribution in [0.2, 0.25) is 0 Å². The van der Waals surface area contributed by atoms with Gasteiger partial charge in [-0.05, 0) is 20.3 Å². The second-order valence-electron chi connectivity index (χ2n) is 5.28. The number of aromatic amines is 1. The van der Waals surface area contributed by atoms with Gasteiger partial charge in [-0.2, -0.15) is 10.1 Å². The Bertz CT molecular complexity index is 868. The Hall–Kier alpha value is -2.64. The minimum Gasteiger partial charge on any atom is -0.299 e. The van der Waals surface area contributed by atoms with Gasteiger partial charge >= 0.3 is 5.69 Å². The smallest absolute Gasteiger partial charge is 0.299 e. The molecule has 118 valence electrons. The van der Waals surface area contributed by atoms with Crippen molar-refractivity contribution in [3.8, 4) is 0 Å². The van der Waals surface area contributed by atoms with Crippen molar-refractivity contribution in [1.82, 2.24) is 19.1 Å². The summed E-state index contributed by atoms with van der Waals surface area (Å²) in [4.78, 5) is 30.5. The van der Waals surface area contributed by atoms with E-state index in [1.165, 1.54) is 4.57 Å². The Balaban J connectivity index is 2.72. The molecule has 0 fully saturated rings. The molecule has 0 amide bonds. The largest absolute Gasteiger partial charge is 0.329 e. The minimum atomic E-state index is -0.503. The third-order valence-corrected chi connectivity index (χ3v) is 3.29. The summed E-state index contributed by atoms with van der Waals surface area (Å²) in [6, 6.07) is 0. The fourth-order valence-electron chi connectivity index (χ4n) is 1.97. The first-order valence-corrected chi connectivity index (χ1v) is 6.98. The fourth-order valence-corrected chi connectivity index (χ4v) is 1.97. The number of hydrogen-bond acceptors (Lipinski definition) is 5. The molecule has 2 N–H and O–H groups in total. The van der Waals surface area contributed by atoms with Crippen LogP contribution in [0.1, 0.15) is 27.2 Å². The van der Waals surface area contributed by atoms with Crippen molar-refractivity contribution in [2.75, 3.05) is 5.43 Å². The first-order chi connectivity index (χ1) is 10.3. The molecule has 0 aliphatic heterocycles. The second-order valence-corrected chi connectivity index (χ2v) is 5.28. The molecule has 22 heavy (non-hydrogen) atoms. The lowest BCUT2D eigenvalue weighted by molar-refractivity contribution is 0.799. The van der Waals surface area contributed by atoms with Gasteiger partial charge in [-0.15, -0.1) is 0 Å². The summed E-state index contributed by atoms with van der Waals surface area (Å²) in [5.74, 6) is 0.400. The predicted molar refractivity (Wildman–Crippen MR) is 87.4 cm³/mol. The van der Waals surface area contributed by atoms with Crippen molar-refractivity contribution in [2.24, 2.45) is 12.1 Å². The van der Waals surface area contributed by atoms with Crippen LogP contribution in [0.25, 0.3) is 11.2 Å². The molecular formula is C14H20N6O2. The molecule has 0 unspecified atom stereocenters. The van der Waals surface area contributed by atoms with E-state index in [4.69, 9.17) is 0 Å². The lowest BCUT2D eigenvalue weighted by atomic mass is 10.3. The van der Waals surface area contributed by atoms with E-state index < -0.39 is 11.2 Å². The maximum Gasteiger partial charge on any atom is 0.329 e. The van der Waals surface area contributed by atoms with E-state index in [2.05, 4.69) is 27.1 Å². The Morgan fingerprint density at radius 3 is 2.68 bits per heavy atom. The van der Waals surface area contributed by atoms with Gasteiger partial charge in [-0.1, -0.05) is 19.1 Å². The lowest BCUT2D eigenvalue weighted by Gasteiger charge is -2.08. The summed E-state index contributed by atoms with van der Waals surface area (Å²) in [7, 11) is 1.56. The molecule has 2 aromatic rings. The summed E-state index contributed by atoms with van der Waals surface area (Å²) in [6.45, 7) is 10.0. The summed E-state index contributed by atoms with van der Waals surface area (Å²) < 4.78 is 2.97. The molecule has 8 heteroatoms. The van der Waals surface area contributed by atoms with Crippen molar-refractivity contribution in [3.05, 3.63) is 33.0 Å². The number of rotatable bonds is 5. The van der Waals surface area contributed by atoms with Crippen LogP contribution >= 0.6 is 0 Å². The number of anilines is 1. The quantitative estimate of drug-likeness (QED) is 0.492. The number of aromatic nitrogens is 4. The zero-order valence-electron chi connectivity index (χ0n) is 13.2.